The van der Waals surface area contributed by atoms with Gasteiger partial charge in [0, 0.05) is 60.3 Å². The van der Waals surface area contributed by atoms with E-state index in [1.54, 1.807) is 12.1 Å². The molecule has 2 aliphatic heterocycles. The van der Waals surface area contributed by atoms with Gasteiger partial charge in [-0.05, 0) is 28.3 Å². The van der Waals surface area contributed by atoms with Crippen LogP contribution in [0, 0.1) is 20.9 Å². The minimum absolute atomic E-state index is 0. The van der Waals surface area contributed by atoms with Crippen molar-refractivity contribution in [2.24, 2.45) is 20.8 Å². The molecule has 5 rings (SSSR count). The van der Waals surface area contributed by atoms with Gasteiger partial charge in [0.1, 0.15) is 11.7 Å². The van der Waals surface area contributed by atoms with Gasteiger partial charge in [0.25, 0.3) is 5.69 Å². The fraction of sp³-hybridized carbons (Fsp3) is 0.333. The van der Waals surface area contributed by atoms with Gasteiger partial charge in [0.05, 0.1) is 4.92 Å². The molecular formula is C30H35Cl2N5O2. The van der Waals surface area contributed by atoms with Gasteiger partial charge in [-0.1, -0.05) is 76.2 Å². The van der Waals surface area contributed by atoms with Crippen molar-refractivity contribution in [3.63, 3.8) is 0 Å². The van der Waals surface area contributed by atoms with Gasteiger partial charge in [-0.3, -0.25) is 20.1 Å². The predicted octanol–water partition coefficient (Wildman–Crippen LogP) is 6.52. The summed E-state index contributed by atoms with van der Waals surface area (Å²) in [5, 5.41) is 18.6. The molecule has 0 amide bonds. The van der Waals surface area contributed by atoms with Gasteiger partial charge in [-0.25, -0.2) is 0 Å². The number of rotatable bonds is 5. The Hall–Kier alpha value is -3.42. The van der Waals surface area contributed by atoms with Crippen molar-refractivity contribution in [1.29, 1.82) is 0 Å². The van der Waals surface area contributed by atoms with Crippen molar-refractivity contribution in [2.45, 2.75) is 27.7 Å². The first-order valence-electron chi connectivity index (χ1n) is 12.7. The minimum Gasteiger partial charge on any atom is -0.369 e. The summed E-state index contributed by atoms with van der Waals surface area (Å²) >= 11 is 0. The molecule has 2 heterocycles. The molecule has 3 aromatic rings. The van der Waals surface area contributed by atoms with Gasteiger partial charge in [-0.15, -0.1) is 24.8 Å². The average Bonchev–Trinajstić information content (AvgIpc) is 2.89. The van der Waals surface area contributed by atoms with E-state index in [9.17, 15) is 10.1 Å². The van der Waals surface area contributed by atoms with Crippen LogP contribution in [-0.4, -0.2) is 42.8 Å². The van der Waals surface area contributed by atoms with E-state index in [0.29, 0.717) is 0 Å². The van der Waals surface area contributed by atoms with E-state index in [4.69, 9.17) is 9.98 Å². The molecule has 3 aromatic carbocycles. The van der Waals surface area contributed by atoms with E-state index in [-0.39, 0.29) is 46.3 Å². The third-order valence-corrected chi connectivity index (χ3v) is 6.91. The smallest absolute Gasteiger partial charge is 0.270 e. The number of benzene rings is 3. The van der Waals surface area contributed by atoms with Crippen LogP contribution in [0.3, 0.4) is 0 Å². The first-order valence-corrected chi connectivity index (χ1v) is 12.7. The molecule has 0 radical (unpaired) electrons. The second-order valence-electron chi connectivity index (χ2n) is 11.5. The fourth-order valence-electron chi connectivity index (χ4n) is 4.53. The van der Waals surface area contributed by atoms with Crippen molar-refractivity contribution >= 4 is 42.2 Å². The number of nitrogens with one attached hydrogen (secondary N) is 2. The highest BCUT2D eigenvalue weighted by Gasteiger charge is 2.24. The summed E-state index contributed by atoms with van der Waals surface area (Å²) in [5.41, 5.74) is 5.86. The maximum Gasteiger partial charge on any atom is 0.270 e. The third-order valence-electron chi connectivity index (χ3n) is 6.91. The van der Waals surface area contributed by atoms with Gasteiger partial charge in [0.15, 0.2) is 0 Å². The summed E-state index contributed by atoms with van der Waals surface area (Å²) in [6.07, 6.45) is 0. The number of non-ortho nitro benzene ring substituents is 1. The topological polar surface area (TPSA) is 91.9 Å². The number of amidine groups is 2. The maximum absolute atomic E-state index is 11.8. The number of halogens is 2. The Morgan fingerprint density at radius 3 is 1.31 bits per heavy atom. The highest BCUT2D eigenvalue weighted by Crippen LogP contribution is 2.32. The Balaban J connectivity index is 0.00000210. The van der Waals surface area contributed by atoms with Crippen LogP contribution in [0.5, 0.6) is 0 Å². The third kappa shape index (κ3) is 6.97. The van der Waals surface area contributed by atoms with Crippen LogP contribution in [0.15, 0.2) is 76.7 Å². The highest BCUT2D eigenvalue weighted by molar-refractivity contribution is 6.00. The van der Waals surface area contributed by atoms with Crippen LogP contribution in [0.2, 0.25) is 0 Å². The van der Waals surface area contributed by atoms with E-state index in [1.807, 2.05) is 54.6 Å². The van der Waals surface area contributed by atoms with E-state index in [2.05, 4.69) is 38.3 Å². The molecule has 0 saturated heterocycles. The Bertz CT molecular complexity index is 1300. The first-order chi connectivity index (χ1) is 17.6. The van der Waals surface area contributed by atoms with E-state index in [0.717, 1.165) is 71.2 Å². The molecule has 2 aliphatic rings. The molecule has 0 fully saturated rings. The second kappa shape index (κ2) is 11.8. The summed E-state index contributed by atoms with van der Waals surface area (Å²) < 4.78 is 0. The molecule has 206 valence electrons. The molecule has 0 bridgehead atoms. The van der Waals surface area contributed by atoms with Crippen LogP contribution in [0.4, 0.5) is 5.69 Å². The molecule has 0 unspecified atom stereocenters. The lowest BCUT2D eigenvalue weighted by Gasteiger charge is -2.29. The number of hydrogen-bond acceptors (Lipinski definition) is 6. The average molecular weight is 569 g/mol. The van der Waals surface area contributed by atoms with E-state index < -0.39 is 0 Å². The molecule has 7 nitrogen and oxygen atoms in total. The lowest BCUT2D eigenvalue weighted by molar-refractivity contribution is -0.384. The van der Waals surface area contributed by atoms with Crippen molar-refractivity contribution < 1.29 is 4.92 Å². The van der Waals surface area contributed by atoms with E-state index in [1.165, 1.54) is 0 Å². The number of nitro benzene ring substituents is 1. The largest absolute Gasteiger partial charge is 0.369 e. The van der Waals surface area contributed by atoms with Gasteiger partial charge in [0.2, 0.25) is 0 Å². The molecule has 39 heavy (non-hydrogen) atoms. The van der Waals surface area contributed by atoms with Gasteiger partial charge in [-0.2, -0.15) is 0 Å². The predicted molar refractivity (Wildman–Crippen MR) is 165 cm³/mol. The first kappa shape index (κ1) is 30.1. The highest BCUT2D eigenvalue weighted by atomic mass is 35.5. The number of hydrogen-bond donors (Lipinski definition) is 2. The Morgan fingerprint density at radius 1 is 0.641 bits per heavy atom. The zero-order valence-corrected chi connectivity index (χ0v) is 24.3. The zero-order valence-electron chi connectivity index (χ0n) is 22.7. The summed E-state index contributed by atoms with van der Waals surface area (Å²) in [4.78, 5) is 20.8. The Morgan fingerprint density at radius 2 is 1.00 bits per heavy atom. The normalized spacial score (nSPS) is 17.2. The molecule has 0 spiro atoms. The van der Waals surface area contributed by atoms with Crippen molar-refractivity contribution in [3.05, 3.63) is 88.0 Å². The molecule has 0 atom stereocenters. The summed E-state index contributed by atoms with van der Waals surface area (Å²) in [7, 11) is 0. The molecule has 2 N–H and O–H groups in total. The number of nitro groups is 1. The van der Waals surface area contributed by atoms with Gasteiger partial charge >= 0.3 is 0 Å². The molecule has 0 aliphatic carbocycles. The standard InChI is InChI=1S/C30H33N5O2.2ClH/c1-29(2)16-31-27(32-17-29)22-9-5-20(6-10-22)24-13-25(15-26(14-24)35(36)37)21-7-11-23(12-8-21)28-33-18-30(3,4)19-34-28;;/h5-15H,16-19H2,1-4H3,(H,31,32)(H,33,34);2*1H. The fourth-order valence-corrected chi connectivity index (χ4v) is 4.53. The van der Waals surface area contributed by atoms with E-state index >= 15 is 0 Å². The lowest BCUT2D eigenvalue weighted by Crippen LogP contribution is -2.41. The quantitative estimate of drug-likeness (QED) is 0.271. The van der Waals surface area contributed by atoms with Crippen molar-refractivity contribution in [3.8, 4) is 22.3 Å². The lowest BCUT2D eigenvalue weighted by atomic mass is 9.91. The second-order valence-corrected chi connectivity index (χ2v) is 11.5. The van der Waals surface area contributed by atoms with Crippen molar-refractivity contribution in [1.82, 2.24) is 10.6 Å². The number of nitrogens with zero attached hydrogens (tertiary/aromatic N) is 3. The summed E-state index contributed by atoms with van der Waals surface area (Å²) in [5.74, 6) is 1.79. The van der Waals surface area contributed by atoms with Crippen molar-refractivity contribution in [2.75, 3.05) is 26.2 Å². The molecular weight excluding hydrogens is 533 g/mol. The van der Waals surface area contributed by atoms with Crippen LogP contribution in [-0.2, 0) is 0 Å². The van der Waals surface area contributed by atoms with Crippen LogP contribution in [0.1, 0.15) is 38.8 Å². The monoisotopic (exact) mass is 567 g/mol. The zero-order chi connectivity index (χ0) is 26.2. The number of aliphatic imine (C=N–C) groups is 2. The summed E-state index contributed by atoms with van der Waals surface area (Å²) in [6.45, 7) is 12.1. The Kier molecular flexibility index (Phi) is 9.08. The van der Waals surface area contributed by atoms with Gasteiger partial charge < -0.3 is 10.6 Å². The van der Waals surface area contributed by atoms with Crippen LogP contribution in [0.25, 0.3) is 22.3 Å². The molecule has 0 saturated carbocycles. The minimum atomic E-state index is -0.333. The molecule has 9 heteroatoms. The Labute approximate surface area is 242 Å². The maximum atomic E-state index is 11.8. The van der Waals surface area contributed by atoms with Crippen LogP contribution < -0.4 is 10.6 Å². The van der Waals surface area contributed by atoms with Crippen LogP contribution >= 0.6 is 24.8 Å². The SMILES string of the molecule is CC1(C)CN=C(c2ccc(-c3cc(-c4ccc(C5=NCC(C)(C)CN5)cc4)cc([N+](=O)[O-])c3)cc2)NC1.Cl.Cl. The summed E-state index contributed by atoms with van der Waals surface area (Å²) in [6, 6.07) is 21.4. The molecule has 0 aromatic heterocycles.